The molecule has 2 heterocycles. The first kappa shape index (κ1) is 20.2. The van der Waals surface area contributed by atoms with E-state index in [0.717, 1.165) is 5.56 Å². The number of piperazine rings is 1. The summed E-state index contributed by atoms with van der Waals surface area (Å²) < 4.78 is 5.57. The summed E-state index contributed by atoms with van der Waals surface area (Å²) >= 11 is 5.95. The first-order valence-electron chi connectivity index (χ1n) is 9.25. The number of oxazole rings is 1. The molecule has 1 aromatic carbocycles. The van der Waals surface area contributed by atoms with Crippen molar-refractivity contribution >= 4 is 23.4 Å². The molecule has 0 aliphatic carbocycles. The first-order chi connectivity index (χ1) is 13.4. The highest BCUT2D eigenvalue weighted by atomic mass is 35.5. The van der Waals surface area contributed by atoms with Crippen LogP contribution in [0.5, 0.6) is 0 Å². The molecular formula is C20H24ClN5O2. The molecule has 0 saturated carbocycles. The van der Waals surface area contributed by atoms with Gasteiger partial charge in [-0.15, -0.1) is 0 Å². The Morgan fingerprint density at radius 3 is 2.57 bits per heavy atom. The zero-order valence-corrected chi connectivity index (χ0v) is 17.1. The summed E-state index contributed by atoms with van der Waals surface area (Å²) in [5, 5.41) is 9.89. The van der Waals surface area contributed by atoms with Crippen LogP contribution < -0.4 is 4.90 Å². The molecule has 1 amide bonds. The SMILES string of the molecule is Cc1nc(C#N)c(N2CCN(C(=O)CN(C)C(C)c3ccc(Cl)cc3)CC2)o1. The van der Waals surface area contributed by atoms with Gasteiger partial charge < -0.3 is 14.2 Å². The number of aryl methyl sites for hydroxylation is 1. The van der Waals surface area contributed by atoms with E-state index in [2.05, 4.69) is 18.0 Å². The van der Waals surface area contributed by atoms with E-state index in [4.69, 9.17) is 16.0 Å². The number of nitriles is 1. The lowest BCUT2D eigenvalue weighted by molar-refractivity contribution is -0.132. The van der Waals surface area contributed by atoms with E-state index in [1.54, 1.807) is 6.92 Å². The molecule has 1 unspecified atom stereocenters. The van der Waals surface area contributed by atoms with Crippen molar-refractivity contribution in [2.45, 2.75) is 19.9 Å². The Hall–Kier alpha value is -2.56. The van der Waals surface area contributed by atoms with Crippen LogP contribution in [0, 0.1) is 18.3 Å². The Morgan fingerprint density at radius 2 is 1.96 bits per heavy atom. The molecule has 1 aliphatic heterocycles. The van der Waals surface area contributed by atoms with Gasteiger partial charge in [0.25, 0.3) is 0 Å². The van der Waals surface area contributed by atoms with Gasteiger partial charge in [-0.25, -0.2) is 4.98 Å². The average molecular weight is 402 g/mol. The summed E-state index contributed by atoms with van der Waals surface area (Å²) in [5.74, 6) is 1.07. The molecule has 2 aromatic rings. The second-order valence-electron chi connectivity index (χ2n) is 7.01. The Bertz CT molecular complexity index is 866. The molecule has 0 N–H and O–H groups in total. The van der Waals surface area contributed by atoms with Crippen molar-refractivity contribution in [3.63, 3.8) is 0 Å². The Morgan fingerprint density at radius 1 is 1.32 bits per heavy atom. The summed E-state index contributed by atoms with van der Waals surface area (Å²) in [6.07, 6.45) is 0. The zero-order valence-electron chi connectivity index (χ0n) is 16.4. The van der Waals surface area contributed by atoms with Crippen molar-refractivity contribution in [3.8, 4) is 6.07 Å². The molecule has 8 heteroatoms. The van der Waals surface area contributed by atoms with Gasteiger partial charge in [-0.3, -0.25) is 9.69 Å². The van der Waals surface area contributed by atoms with Gasteiger partial charge in [0.1, 0.15) is 6.07 Å². The van der Waals surface area contributed by atoms with Crippen LogP contribution in [-0.4, -0.2) is 60.5 Å². The van der Waals surface area contributed by atoms with Crippen LogP contribution in [-0.2, 0) is 4.79 Å². The Balaban J connectivity index is 1.55. The maximum absolute atomic E-state index is 12.7. The van der Waals surface area contributed by atoms with Crippen molar-refractivity contribution in [2.75, 3.05) is 44.7 Å². The van der Waals surface area contributed by atoms with Gasteiger partial charge in [0.2, 0.25) is 17.5 Å². The number of aromatic nitrogens is 1. The minimum Gasteiger partial charge on any atom is -0.424 e. The molecule has 1 saturated heterocycles. The molecule has 148 valence electrons. The number of nitrogens with zero attached hydrogens (tertiary/aromatic N) is 5. The molecule has 7 nitrogen and oxygen atoms in total. The Kier molecular flexibility index (Phi) is 6.22. The van der Waals surface area contributed by atoms with Crippen LogP contribution >= 0.6 is 11.6 Å². The number of rotatable bonds is 5. The van der Waals surface area contributed by atoms with E-state index in [9.17, 15) is 10.1 Å². The second-order valence-corrected chi connectivity index (χ2v) is 7.45. The van der Waals surface area contributed by atoms with Gasteiger partial charge in [-0.05, 0) is 31.7 Å². The number of halogens is 1. The van der Waals surface area contributed by atoms with Crippen molar-refractivity contribution < 1.29 is 9.21 Å². The number of carbonyl (C=O) groups excluding carboxylic acids is 1. The fraction of sp³-hybridized carbons (Fsp3) is 0.450. The summed E-state index contributed by atoms with van der Waals surface area (Å²) in [4.78, 5) is 22.7. The van der Waals surface area contributed by atoms with Crippen LogP contribution in [0.15, 0.2) is 28.7 Å². The van der Waals surface area contributed by atoms with Gasteiger partial charge >= 0.3 is 0 Å². The highest BCUT2D eigenvalue weighted by Gasteiger charge is 2.26. The fourth-order valence-corrected chi connectivity index (χ4v) is 3.43. The van der Waals surface area contributed by atoms with Crippen molar-refractivity contribution in [1.29, 1.82) is 5.26 Å². The van der Waals surface area contributed by atoms with Gasteiger partial charge in [0, 0.05) is 44.2 Å². The van der Waals surface area contributed by atoms with Crippen LogP contribution in [0.4, 0.5) is 5.88 Å². The summed E-state index contributed by atoms with van der Waals surface area (Å²) in [6, 6.07) is 9.87. The van der Waals surface area contributed by atoms with Crippen LogP contribution in [0.2, 0.25) is 5.02 Å². The maximum Gasteiger partial charge on any atom is 0.236 e. The monoisotopic (exact) mass is 401 g/mol. The lowest BCUT2D eigenvalue weighted by Gasteiger charge is -2.36. The molecule has 0 bridgehead atoms. The second kappa shape index (κ2) is 8.63. The van der Waals surface area contributed by atoms with E-state index < -0.39 is 0 Å². The zero-order chi connectivity index (χ0) is 20.3. The number of anilines is 1. The van der Waals surface area contributed by atoms with Crippen LogP contribution in [0.25, 0.3) is 0 Å². The van der Waals surface area contributed by atoms with E-state index in [0.29, 0.717) is 55.2 Å². The third kappa shape index (κ3) is 4.46. The lowest BCUT2D eigenvalue weighted by Crippen LogP contribution is -2.51. The van der Waals surface area contributed by atoms with Gasteiger partial charge in [-0.2, -0.15) is 5.26 Å². The number of carbonyl (C=O) groups is 1. The minimum atomic E-state index is 0.0946. The summed E-state index contributed by atoms with van der Waals surface area (Å²) in [5.41, 5.74) is 1.42. The largest absolute Gasteiger partial charge is 0.424 e. The normalized spacial score (nSPS) is 15.6. The molecular weight excluding hydrogens is 378 g/mol. The minimum absolute atomic E-state index is 0.0946. The predicted molar refractivity (Wildman–Crippen MR) is 107 cm³/mol. The van der Waals surface area contributed by atoms with Crippen molar-refractivity contribution in [3.05, 3.63) is 46.4 Å². The summed E-state index contributed by atoms with van der Waals surface area (Å²) in [6.45, 7) is 6.55. The maximum atomic E-state index is 12.7. The van der Waals surface area contributed by atoms with Gasteiger partial charge in [0.15, 0.2) is 5.89 Å². The quantitative estimate of drug-likeness (QED) is 0.766. The highest BCUT2D eigenvalue weighted by molar-refractivity contribution is 6.30. The fourth-order valence-electron chi connectivity index (χ4n) is 3.31. The molecule has 28 heavy (non-hydrogen) atoms. The first-order valence-corrected chi connectivity index (χ1v) is 9.62. The van der Waals surface area contributed by atoms with Crippen molar-refractivity contribution in [1.82, 2.24) is 14.8 Å². The molecule has 0 radical (unpaired) electrons. The van der Waals surface area contributed by atoms with Gasteiger partial charge in [0.05, 0.1) is 6.54 Å². The van der Waals surface area contributed by atoms with E-state index in [1.807, 2.05) is 46.0 Å². The van der Waals surface area contributed by atoms with E-state index >= 15 is 0 Å². The number of hydrogen-bond acceptors (Lipinski definition) is 6. The van der Waals surface area contributed by atoms with Crippen LogP contribution in [0.3, 0.4) is 0 Å². The number of likely N-dealkylation sites (N-methyl/N-ethyl adjacent to an activating group) is 1. The lowest BCUT2D eigenvalue weighted by atomic mass is 10.1. The molecule has 1 fully saturated rings. The Labute approximate surface area is 170 Å². The predicted octanol–water partition coefficient (Wildman–Crippen LogP) is 2.85. The number of benzene rings is 1. The average Bonchev–Trinajstić information content (AvgIpc) is 3.09. The highest BCUT2D eigenvalue weighted by Crippen LogP contribution is 2.23. The number of amides is 1. The summed E-state index contributed by atoms with van der Waals surface area (Å²) in [7, 11) is 1.95. The number of hydrogen-bond donors (Lipinski definition) is 0. The molecule has 1 atom stereocenters. The molecule has 1 aromatic heterocycles. The van der Waals surface area contributed by atoms with E-state index in [-0.39, 0.29) is 11.9 Å². The molecule has 3 rings (SSSR count). The molecule has 0 spiro atoms. The van der Waals surface area contributed by atoms with Gasteiger partial charge in [-0.1, -0.05) is 23.7 Å². The third-order valence-electron chi connectivity index (χ3n) is 5.14. The topological polar surface area (TPSA) is 76.6 Å². The standard InChI is InChI=1S/C20H24ClN5O2/c1-14(16-4-6-17(21)7-5-16)24(3)13-19(27)25-8-10-26(11-9-25)20-18(12-22)23-15(2)28-20/h4-7,14H,8-11,13H2,1-3H3. The van der Waals surface area contributed by atoms with E-state index in [1.165, 1.54) is 0 Å². The third-order valence-corrected chi connectivity index (χ3v) is 5.39. The van der Waals surface area contributed by atoms with Crippen LogP contribution in [0.1, 0.15) is 30.1 Å². The smallest absolute Gasteiger partial charge is 0.236 e. The van der Waals surface area contributed by atoms with Crippen molar-refractivity contribution in [2.24, 2.45) is 0 Å². The molecule has 1 aliphatic rings.